The number of aromatic nitrogens is 1. The van der Waals surface area contributed by atoms with Gasteiger partial charge in [0.05, 0.1) is 7.11 Å². The van der Waals surface area contributed by atoms with Crippen LogP contribution in [0, 0.1) is 0 Å². The lowest BCUT2D eigenvalue weighted by atomic mass is 10.1. The van der Waals surface area contributed by atoms with Gasteiger partial charge in [0, 0.05) is 49.0 Å². The highest BCUT2D eigenvalue weighted by Crippen LogP contribution is 2.33. The minimum atomic E-state index is -0.697. The summed E-state index contributed by atoms with van der Waals surface area (Å²) in [5.41, 5.74) is 0.661. The maximum absolute atomic E-state index is 13.2. The molecule has 1 aromatic heterocycles. The van der Waals surface area contributed by atoms with Gasteiger partial charge in [-0.15, -0.1) is 0 Å². The molecular formula is C25H27N3O4. The molecule has 3 aromatic rings. The maximum Gasteiger partial charge on any atom is 0.263 e. The third-order valence-corrected chi connectivity index (χ3v) is 5.79. The second kappa shape index (κ2) is 9.26. The molecule has 0 aliphatic carbocycles. The summed E-state index contributed by atoms with van der Waals surface area (Å²) in [5.74, 6) is 0.940. The molecule has 2 aromatic carbocycles. The number of fused-ring (bicyclic) bond motifs is 1. The van der Waals surface area contributed by atoms with Crippen molar-refractivity contribution in [3.05, 3.63) is 66.5 Å². The topological polar surface area (TPSA) is 72.0 Å². The third kappa shape index (κ3) is 4.37. The highest BCUT2D eigenvalue weighted by molar-refractivity contribution is 5.94. The number of nitrogens with zero attached hydrogens (tertiary/aromatic N) is 3. The van der Waals surface area contributed by atoms with E-state index in [0.717, 1.165) is 10.8 Å². The van der Waals surface area contributed by atoms with Crippen molar-refractivity contribution in [1.82, 2.24) is 14.8 Å². The van der Waals surface area contributed by atoms with E-state index in [-0.39, 0.29) is 17.9 Å². The summed E-state index contributed by atoms with van der Waals surface area (Å²) < 4.78 is 11.5. The Hall–Kier alpha value is -3.61. The Morgan fingerprint density at radius 1 is 1.06 bits per heavy atom. The number of carbonyl (C=O) groups is 2. The van der Waals surface area contributed by atoms with Crippen LogP contribution in [0.3, 0.4) is 0 Å². The van der Waals surface area contributed by atoms with Crippen LogP contribution in [0.15, 0.2) is 60.9 Å². The predicted molar refractivity (Wildman–Crippen MR) is 122 cm³/mol. The number of amides is 2. The Bertz CT molecular complexity index is 1120. The summed E-state index contributed by atoms with van der Waals surface area (Å²) in [6, 6.07) is 14.7. The van der Waals surface area contributed by atoms with E-state index in [1.165, 1.54) is 0 Å². The SMILES string of the molecule is COc1cc2ccncc2cc1OC(C)C(=O)N1CCN(C(=O)c2ccccc2)C[C@H]1C. The molecule has 1 unspecified atom stereocenters. The van der Waals surface area contributed by atoms with E-state index in [9.17, 15) is 9.59 Å². The second-order valence-corrected chi connectivity index (χ2v) is 7.98. The largest absolute Gasteiger partial charge is 0.493 e. The van der Waals surface area contributed by atoms with E-state index >= 15 is 0 Å². The van der Waals surface area contributed by atoms with Gasteiger partial charge in [-0.3, -0.25) is 14.6 Å². The quantitative estimate of drug-likeness (QED) is 0.617. The van der Waals surface area contributed by atoms with E-state index in [4.69, 9.17) is 9.47 Å². The number of methoxy groups -OCH3 is 1. The van der Waals surface area contributed by atoms with E-state index in [0.29, 0.717) is 36.7 Å². The number of piperazine rings is 1. The summed E-state index contributed by atoms with van der Waals surface area (Å²) in [6.45, 7) is 5.13. The van der Waals surface area contributed by atoms with Gasteiger partial charge in [-0.2, -0.15) is 0 Å². The maximum atomic E-state index is 13.2. The fourth-order valence-corrected chi connectivity index (χ4v) is 4.05. The van der Waals surface area contributed by atoms with Crippen molar-refractivity contribution in [3.8, 4) is 11.5 Å². The number of pyridine rings is 1. The Morgan fingerprint density at radius 2 is 1.81 bits per heavy atom. The van der Waals surface area contributed by atoms with Gasteiger partial charge in [-0.1, -0.05) is 18.2 Å². The van der Waals surface area contributed by atoms with Crippen LogP contribution in [-0.4, -0.2) is 65.5 Å². The molecule has 0 bridgehead atoms. The summed E-state index contributed by atoms with van der Waals surface area (Å²) in [7, 11) is 1.58. The number of ether oxygens (including phenoxy) is 2. The molecule has 1 aliphatic rings. The van der Waals surface area contributed by atoms with Gasteiger partial charge in [0.2, 0.25) is 0 Å². The molecule has 32 heavy (non-hydrogen) atoms. The molecule has 0 N–H and O–H groups in total. The molecular weight excluding hydrogens is 406 g/mol. The van der Waals surface area contributed by atoms with Crippen LogP contribution in [0.25, 0.3) is 10.8 Å². The zero-order chi connectivity index (χ0) is 22.7. The Kier molecular flexibility index (Phi) is 6.25. The molecule has 1 fully saturated rings. The van der Waals surface area contributed by atoms with Crippen molar-refractivity contribution < 1.29 is 19.1 Å². The van der Waals surface area contributed by atoms with E-state index in [1.54, 1.807) is 36.2 Å². The highest BCUT2D eigenvalue weighted by atomic mass is 16.5. The summed E-state index contributed by atoms with van der Waals surface area (Å²) in [4.78, 5) is 33.7. The molecule has 7 nitrogen and oxygen atoms in total. The molecule has 1 aliphatic heterocycles. The van der Waals surface area contributed by atoms with Gasteiger partial charge in [0.25, 0.3) is 11.8 Å². The monoisotopic (exact) mass is 433 g/mol. The smallest absolute Gasteiger partial charge is 0.263 e. The van der Waals surface area contributed by atoms with Gasteiger partial charge in [-0.05, 0) is 49.6 Å². The Labute approximate surface area is 187 Å². The molecule has 0 radical (unpaired) electrons. The molecule has 2 atom stereocenters. The van der Waals surface area contributed by atoms with Crippen molar-refractivity contribution >= 4 is 22.6 Å². The Morgan fingerprint density at radius 3 is 2.53 bits per heavy atom. The van der Waals surface area contributed by atoms with Gasteiger partial charge < -0.3 is 19.3 Å². The van der Waals surface area contributed by atoms with Crippen molar-refractivity contribution in [2.24, 2.45) is 0 Å². The standard InChI is InChI=1S/C25H27N3O4/c1-17-16-27(25(30)19-7-5-4-6-8-19)11-12-28(17)24(29)18(2)32-23-14-21-15-26-10-9-20(21)13-22(23)31-3/h4-10,13-15,17-18H,11-12,16H2,1-3H3/t17-,18?/m1/s1. The molecule has 166 valence electrons. The fraction of sp³-hybridized carbons (Fsp3) is 0.320. The van der Waals surface area contributed by atoms with Gasteiger partial charge in [0.1, 0.15) is 0 Å². The predicted octanol–water partition coefficient (Wildman–Crippen LogP) is 3.38. The third-order valence-electron chi connectivity index (χ3n) is 5.79. The van der Waals surface area contributed by atoms with Crippen LogP contribution in [0.1, 0.15) is 24.2 Å². The number of hydrogen-bond acceptors (Lipinski definition) is 5. The fourth-order valence-electron chi connectivity index (χ4n) is 4.05. The van der Waals surface area contributed by atoms with E-state index in [2.05, 4.69) is 4.98 Å². The average molecular weight is 434 g/mol. The lowest BCUT2D eigenvalue weighted by Crippen LogP contribution is -2.57. The first-order chi connectivity index (χ1) is 15.5. The normalized spacial score (nSPS) is 17.2. The second-order valence-electron chi connectivity index (χ2n) is 7.98. The molecule has 2 heterocycles. The van der Waals surface area contributed by atoms with E-state index in [1.807, 2.05) is 55.5 Å². The van der Waals surface area contributed by atoms with Crippen LogP contribution in [0.5, 0.6) is 11.5 Å². The number of hydrogen-bond donors (Lipinski definition) is 0. The van der Waals surface area contributed by atoms with Crippen molar-refractivity contribution in [2.45, 2.75) is 26.0 Å². The molecule has 4 rings (SSSR count). The zero-order valence-electron chi connectivity index (χ0n) is 18.5. The number of carbonyl (C=O) groups excluding carboxylic acids is 2. The number of rotatable bonds is 5. The van der Waals surface area contributed by atoms with Gasteiger partial charge in [0.15, 0.2) is 17.6 Å². The molecule has 7 heteroatoms. The van der Waals surface area contributed by atoms with Crippen molar-refractivity contribution in [2.75, 3.05) is 26.7 Å². The first kappa shape index (κ1) is 21.6. The van der Waals surface area contributed by atoms with Crippen LogP contribution in [0.2, 0.25) is 0 Å². The molecule has 0 spiro atoms. The zero-order valence-corrected chi connectivity index (χ0v) is 18.5. The van der Waals surface area contributed by atoms with Gasteiger partial charge >= 0.3 is 0 Å². The minimum Gasteiger partial charge on any atom is -0.493 e. The van der Waals surface area contributed by atoms with Crippen LogP contribution in [-0.2, 0) is 4.79 Å². The highest BCUT2D eigenvalue weighted by Gasteiger charge is 2.33. The average Bonchev–Trinajstić information content (AvgIpc) is 2.83. The van der Waals surface area contributed by atoms with Gasteiger partial charge in [-0.25, -0.2) is 0 Å². The molecule has 0 saturated carbocycles. The summed E-state index contributed by atoms with van der Waals surface area (Å²) in [6.07, 6.45) is 2.77. The van der Waals surface area contributed by atoms with E-state index < -0.39 is 6.10 Å². The summed E-state index contributed by atoms with van der Waals surface area (Å²) >= 11 is 0. The van der Waals surface area contributed by atoms with Crippen LogP contribution >= 0.6 is 0 Å². The Balaban J connectivity index is 1.43. The summed E-state index contributed by atoms with van der Waals surface area (Å²) in [5, 5.41) is 1.89. The minimum absolute atomic E-state index is 0.0108. The van der Waals surface area contributed by atoms with Crippen LogP contribution in [0.4, 0.5) is 0 Å². The van der Waals surface area contributed by atoms with Crippen molar-refractivity contribution in [1.29, 1.82) is 0 Å². The lowest BCUT2D eigenvalue weighted by Gasteiger charge is -2.40. The molecule has 1 saturated heterocycles. The number of benzene rings is 2. The lowest BCUT2D eigenvalue weighted by molar-refractivity contribution is -0.142. The van der Waals surface area contributed by atoms with Crippen molar-refractivity contribution in [3.63, 3.8) is 0 Å². The first-order valence-corrected chi connectivity index (χ1v) is 10.7. The van der Waals surface area contributed by atoms with Crippen LogP contribution < -0.4 is 9.47 Å². The molecule has 2 amide bonds. The first-order valence-electron chi connectivity index (χ1n) is 10.7.